The fourth-order valence-corrected chi connectivity index (χ4v) is 4.58. The van der Waals surface area contributed by atoms with Gasteiger partial charge in [0.05, 0.1) is 6.54 Å². The van der Waals surface area contributed by atoms with Gasteiger partial charge in [-0.25, -0.2) is 0 Å². The van der Waals surface area contributed by atoms with Crippen LogP contribution in [-0.2, 0) is 20.8 Å². The van der Waals surface area contributed by atoms with Gasteiger partial charge in [0.2, 0.25) is 0 Å². The van der Waals surface area contributed by atoms with Crippen molar-refractivity contribution in [3.05, 3.63) is 70.8 Å². The second kappa shape index (κ2) is 14.1. The summed E-state index contributed by atoms with van der Waals surface area (Å²) in [6, 6.07) is 12.9. The van der Waals surface area contributed by atoms with Crippen molar-refractivity contribution in [1.29, 1.82) is 5.41 Å². The molecule has 2 aromatic carbocycles. The van der Waals surface area contributed by atoms with Crippen molar-refractivity contribution in [3.8, 4) is 0 Å². The molecule has 1 heterocycles. The van der Waals surface area contributed by atoms with Gasteiger partial charge in [-0.05, 0) is 55.6 Å². The molecular formula is C28H35N7O6. The Bertz CT molecular complexity index is 1300. The van der Waals surface area contributed by atoms with Crippen molar-refractivity contribution in [3.63, 3.8) is 0 Å². The van der Waals surface area contributed by atoms with E-state index in [0.717, 1.165) is 10.5 Å². The number of carbonyl (C=O) groups excluding carboxylic acids is 4. The van der Waals surface area contributed by atoms with E-state index in [9.17, 15) is 29.1 Å². The fourth-order valence-electron chi connectivity index (χ4n) is 4.58. The molecule has 0 spiro atoms. The number of Topliss-reactive ketones (excluding diaryl/α,β-unsaturated/α-hetero) is 1. The Hall–Kier alpha value is -4.62. The molecule has 41 heavy (non-hydrogen) atoms. The molecule has 1 saturated heterocycles. The summed E-state index contributed by atoms with van der Waals surface area (Å²) in [7, 11) is 0. The third-order valence-electron chi connectivity index (χ3n) is 6.79. The lowest BCUT2D eigenvalue weighted by molar-refractivity contribution is -0.153. The number of benzene rings is 2. The number of nitrogens with zero attached hydrogens (tertiary/aromatic N) is 1. The number of nitrogens with two attached hydrogens (primary N) is 2. The van der Waals surface area contributed by atoms with Gasteiger partial charge in [-0.15, -0.1) is 0 Å². The first-order valence-corrected chi connectivity index (χ1v) is 13.2. The maximum absolute atomic E-state index is 13.5. The zero-order chi connectivity index (χ0) is 30.0. The van der Waals surface area contributed by atoms with Gasteiger partial charge in [0.1, 0.15) is 12.4 Å². The van der Waals surface area contributed by atoms with Crippen LogP contribution < -0.4 is 27.4 Å². The smallest absolute Gasteiger partial charge is 0.323 e. The number of amidine groups is 1. The molecule has 0 saturated carbocycles. The maximum Gasteiger partial charge on any atom is 0.323 e. The summed E-state index contributed by atoms with van der Waals surface area (Å²) < 4.78 is 0. The minimum absolute atomic E-state index is 0.0337. The SMILES string of the molecule is N=C(N)c1ccc(C(=O)NCCCC2(C(=O)CNC(=O)c3ccc(CCN)cc3)NCCN(CC(=O)O)C2=O)cc1. The highest BCUT2D eigenvalue weighted by Crippen LogP contribution is 2.22. The lowest BCUT2D eigenvalue weighted by Crippen LogP contribution is -2.70. The molecule has 1 atom stereocenters. The van der Waals surface area contributed by atoms with Crippen LogP contribution in [0.1, 0.15) is 44.7 Å². The largest absolute Gasteiger partial charge is 0.480 e. The Morgan fingerprint density at radius 1 is 0.976 bits per heavy atom. The molecule has 1 aliphatic heterocycles. The first-order chi connectivity index (χ1) is 19.6. The summed E-state index contributed by atoms with van der Waals surface area (Å²) in [5, 5.41) is 24.9. The molecule has 0 aliphatic carbocycles. The molecular weight excluding hydrogens is 530 g/mol. The first kappa shape index (κ1) is 30.9. The Morgan fingerprint density at radius 2 is 1.56 bits per heavy atom. The molecule has 13 nitrogen and oxygen atoms in total. The van der Waals surface area contributed by atoms with Gasteiger partial charge in [0, 0.05) is 36.3 Å². The number of ketones is 1. The number of carboxylic acids is 1. The Kier molecular flexibility index (Phi) is 10.7. The average Bonchev–Trinajstić information content (AvgIpc) is 2.96. The second-order valence-corrected chi connectivity index (χ2v) is 9.64. The van der Waals surface area contributed by atoms with Crippen molar-refractivity contribution in [2.75, 3.05) is 39.3 Å². The van der Waals surface area contributed by atoms with Crippen LogP contribution in [0.15, 0.2) is 48.5 Å². The van der Waals surface area contributed by atoms with E-state index >= 15 is 0 Å². The van der Waals surface area contributed by atoms with E-state index in [1.54, 1.807) is 36.4 Å². The molecule has 9 N–H and O–H groups in total. The number of carbonyl (C=O) groups is 5. The number of rotatable bonds is 14. The lowest BCUT2D eigenvalue weighted by atomic mass is 9.84. The standard InChI is InChI=1S/C28H35N7O6/c29-12-10-18-2-4-20(5-3-18)26(40)33-16-22(36)28(27(41)35(15-14-34-28)17-23(37)38)11-1-13-32-25(39)21-8-6-19(7-9-21)24(30)31/h2-9,34H,1,10-17,29H2,(H3,30,31)(H,32,39)(H,33,40)(H,37,38). The van der Waals surface area contributed by atoms with Crippen LogP contribution in [-0.4, -0.2) is 90.1 Å². The average molecular weight is 566 g/mol. The third-order valence-corrected chi connectivity index (χ3v) is 6.79. The van der Waals surface area contributed by atoms with Gasteiger partial charge in [-0.1, -0.05) is 24.3 Å². The van der Waals surface area contributed by atoms with Gasteiger partial charge in [-0.3, -0.25) is 34.7 Å². The normalized spacial score (nSPS) is 16.6. The molecule has 1 fully saturated rings. The van der Waals surface area contributed by atoms with Crippen LogP contribution in [0.5, 0.6) is 0 Å². The van der Waals surface area contributed by atoms with Gasteiger partial charge in [0.15, 0.2) is 11.3 Å². The predicted molar refractivity (Wildman–Crippen MR) is 151 cm³/mol. The van der Waals surface area contributed by atoms with Gasteiger partial charge in [-0.2, -0.15) is 0 Å². The van der Waals surface area contributed by atoms with Crippen LogP contribution in [0.25, 0.3) is 0 Å². The van der Waals surface area contributed by atoms with Crippen LogP contribution in [0, 0.1) is 5.41 Å². The molecule has 0 aromatic heterocycles. The first-order valence-electron chi connectivity index (χ1n) is 13.2. The Balaban J connectivity index is 1.66. The van der Waals surface area contributed by atoms with Gasteiger partial charge < -0.3 is 32.1 Å². The van der Waals surface area contributed by atoms with Crippen molar-refractivity contribution in [2.24, 2.45) is 11.5 Å². The zero-order valence-electron chi connectivity index (χ0n) is 22.6. The summed E-state index contributed by atoms with van der Waals surface area (Å²) in [5.74, 6) is -3.53. The van der Waals surface area contributed by atoms with E-state index in [4.69, 9.17) is 16.9 Å². The molecule has 0 radical (unpaired) electrons. The molecule has 13 heteroatoms. The van der Waals surface area contributed by atoms with E-state index in [2.05, 4.69) is 16.0 Å². The Morgan fingerprint density at radius 3 is 2.15 bits per heavy atom. The monoisotopic (exact) mass is 565 g/mol. The predicted octanol–water partition coefficient (Wildman–Crippen LogP) is -0.764. The fraction of sp³-hybridized carbons (Fsp3) is 0.357. The van der Waals surface area contributed by atoms with E-state index < -0.39 is 42.2 Å². The lowest BCUT2D eigenvalue weighted by Gasteiger charge is -2.41. The number of hydrogen-bond acceptors (Lipinski definition) is 8. The molecule has 218 valence electrons. The Labute approximate surface area is 237 Å². The highest BCUT2D eigenvalue weighted by atomic mass is 16.4. The van der Waals surface area contributed by atoms with E-state index in [1.165, 1.54) is 12.1 Å². The van der Waals surface area contributed by atoms with Crippen LogP contribution in [0.4, 0.5) is 0 Å². The van der Waals surface area contributed by atoms with Crippen molar-refractivity contribution in [2.45, 2.75) is 24.8 Å². The summed E-state index contributed by atoms with van der Waals surface area (Å²) in [6.45, 7) is -0.148. The molecule has 1 aliphatic rings. The molecule has 3 amide bonds. The summed E-state index contributed by atoms with van der Waals surface area (Å²) in [6.07, 6.45) is 0.837. The summed E-state index contributed by atoms with van der Waals surface area (Å²) >= 11 is 0. The third kappa shape index (κ3) is 7.96. The highest BCUT2D eigenvalue weighted by molar-refractivity contribution is 6.13. The minimum Gasteiger partial charge on any atom is -0.480 e. The molecule has 1 unspecified atom stereocenters. The zero-order valence-corrected chi connectivity index (χ0v) is 22.6. The summed E-state index contributed by atoms with van der Waals surface area (Å²) in [4.78, 5) is 64.5. The number of nitrogen functional groups attached to an aromatic ring is 1. The van der Waals surface area contributed by atoms with Crippen LogP contribution >= 0.6 is 0 Å². The molecule has 3 rings (SSSR count). The number of piperazine rings is 1. The number of amides is 3. The minimum atomic E-state index is -1.76. The van der Waals surface area contributed by atoms with Crippen molar-refractivity contribution >= 4 is 35.3 Å². The van der Waals surface area contributed by atoms with Gasteiger partial charge >= 0.3 is 5.97 Å². The number of hydrogen-bond donors (Lipinski definition) is 7. The quantitative estimate of drug-likeness (QED) is 0.0661. The highest BCUT2D eigenvalue weighted by Gasteiger charge is 2.49. The molecule has 0 bridgehead atoms. The topological polar surface area (TPSA) is 221 Å². The number of nitrogens with one attached hydrogen (secondary N) is 4. The maximum atomic E-state index is 13.5. The van der Waals surface area contributed by atoms with Gasteiger partial charge in [0.25, 0.3) is 17.7 Å². The van der Waals surface area contributed by atoms with Crippen LogP contribution in [0.3, 0.4) is 0 Å². The van der Waals surface area contributed by atoms with Crippen molar-refractivity contribution < 1.29 is 29.1 Å². The van der Waals surface area contributed by atoms with E-state index in [1.807, 2.05) is 0 Å². The second-order valence-electron chi connectivity index (χ2n) is 9.64. The van der Waals surface area contributed by atoms with E-state index in [-0.39, 0.29) is 44.2 Å². The molecule has 2 aromatic rings. The van der Waals surface area contributed by atoms with E-state index in [0.29, 0.717) is 29.7 Å². The summed E-state index contributed by atoms with van der Waals surface area (Å²) in [5.41, 5.74) is 11.3. The van der Waals surface area contributed by atoms with Crippen LogP contribution in [0.2, 0.25) is 0 Å². The van der Waals surface area contributed by atoms with Crippen molar-refractivity contribution in [1.82, 2.24) is 20.9 Å². The number of carboxylic acid groups (broad SMARTS) is 1. The number of aliphatic carboxylic acids is 1.